The molecule has 34 heavy (non-hydrogen) atoms. The summed E-state index contributed by atoms with van der Waals surface area (Å²) in [5.74, 6) is -0.562. The zero-order chi connectivity index (χ0) is 23.2. The van der Waals surface area contributed by atoms with Crippen molar-refractivity contribution in [2.45, 2.75) is 18.8 Å². The molecule has 2 aliphatic rings. The monoisotopic (exact) mass is 449 g/mol. The summed E-state index contributed by atoms with van der Waals surface area (Å²) >= 11 is 0. The number of nitrogens with zero attached hydrogens (tertiary/aromatic N) is 2. The van der Waals surface area contributed by atoms with Crippen molar-refractivity contribution >= 4 is 34.3 Å². The number of hydrogen-bond acceptors (Lipinski definition) is 3. The molecule has 0 radical (unpaired) electrons. The Bertz CT molecular complexity index is 1390. The normalized spacial score (nSPS) is 17.9. The molecular formula is C28H23N3O3. The van der Waals surface area contributed by atoms with Gasteiger partial charge in [-0.1, -0.05) is 36.4 Å². The number of aromatic amines is 1. The Balaban J connectivity index is 1.24. The van der Waals surface area contributed by atoms with E-state index in [1.807, 2.05) is 17.0 Å². The number of nitrogens with one attached hydrogen (secondary N) is 1. The molecule has 1 N–H and O–H groups in total. The molecule has 168 valence electrons. The Hall–Kier alpha value is -4.19. The van der Waals surface area contributed by atoms with Crippen LogP contribution in [0.4, 0.5) is 5.69 Å². The lowest BCUT2D eigenvalue weighted by atomic mass is 9.94. The number of carbonyl (C=O) groups excluding carboxylic acids is 3. The minimum Gasteiger partial charge on any atom is -0.358 e. The molecule has 2 aliphatic heterocycles. The molecule has 1 atom stereocenters. The summed E-state index contributed by atoms with van der Waals surface area (Å²) in [5, 5.41) is 1.18. The minimum atomic E-state index is -0.359. The van der Waals surface area contributed by atoms with Gasteiger partial charge in [0, 0.05) is 35.8 Å². The highest BCUT2D eigenvalue weighted by Gasteiger charge is 2.36. The first kappa shape index (κ1) is 20.4. The van der Waals surface area contributed by atoms with Gasteiger partial charge in [-0.3, -0.25) is 14.4 Å². The van der Waals surface area contributed by atoms with Crippen molar-refractivity contribution in [3.63, 3.8) is 0 Å². The molecule has 6 rings (SSSR count). The molecule has 1 saturated heterocycles. The van der Waals surface area contributed by atoms with Gasteiger partial charge in [-0.05, 0) is 60.7 Å². The van der Waals surface area contributed by atoms with Crippen LogP contribution in [-0.2, 0) is 0 Å². The number of anilines is 1. The molecule has 6 nitrogen and oxygen atoms in total. The summed E-state index contributed by atoms with van der Waals surface area (Å²) in [6.45, 7) is 1.32. The number of aromatic nitrogens is 1. The summed E-state index contributed by atoms with van der Waals surface area (Å²) in [4.78, 5) is 45.7. The zero-order valence-electron chi connectivity index (χ0n) is 18.5. The van der Waals surface area contributed by atoms with Crippen LogP contribution < -0.4 is 4.90 Å². The average molecular weight is 450 g/mol. The number of hydrogen-bond donors (Lipinski definition) is 1. The molecule has 1 aromatic heterocycles. The Morgan fingerprint density at radius 2 is 1.59 bits per heavy atom. The van der Waals surface area contributed by atoms with Gasteiger partial charge in [-0.2, -0.15) is 0 Å². The van der Waals surface area contributed by atoms with Crippen LogP contribution in [0.2, 0.25) is 0 Å². The van der Waals surface area contributed by atoms with E-state index >= 15 is 0 Å². The first-order chi connectivity index (χ1) is 16.6. The molecule has 0 spiro atoms. The molecule has 0 saturated carbocycles. The van der Waals surface area contributed by atoms with Gasteiger partial charge in [0.15, 0.2) is 0 Å². The second-order valence-corrected chi connectivity index (χ2v) is 8.94. The fourth-order valence-electron chi connectivity index (χ4n) is 5.12. The second kappa shape index (κ2) is 7.99. The maximum atomic E-state index is 13.4. The summed E-state index contributed by atoms with van der Waals surface area (Å²) in [6, 6.07) is 24.0. The lowest BCUT2D eigenvalue weighted by Gasteiger charge is -2.32. The Kier molecular flexibility index (Phi) is 4.80. The molecule has 3 heterocycles. The maximum absolute atomic E-state index is 13.4. The number of likely N-dealkylation sites (tertiary alicyclic amines) is 1. The number of para-hydroxylation sites is 1. The molecule has 1 unspecified atom stereocenters. The van der Waals surface area contributed by atoms with Crippen molar-refractivity contribution < 1.29 is 14.4 Å². The predicted molar refractivity (Wildman–Crippen MR) is 130 cm³/mol. The molecule has 0 aliphatic carbocycles. The van der Waals surface area contributed by atoms with Crippen LogP contribution in [0.25, 0.3) is 10.9 Å². The van der Waals surface area contributed by atoms with Gasteiger partial charge < -0.3 is 9.88 Å². The van der Waals surface area contributed by atoms with Crippen molar-refractivity contribution in [2.24, 2.45) is 0 Å². The Morgan fingerprint density at radius 1 is 0.853 bits per heavy atom. The highest BCUT2D eigenvalue weighted by Crippen LogP contribution is 2.31. The van der Waals surface area contributed by atoms with Crippen molar-refractivity contribution in [1.82, 2.24) is 9.88 Å². The van der Waals surface area contributed by atoms with Gasteiger partial charge >= 0.3 is 0 Å². The van der Waals surface area contributed by atoms with Crippen LogP contribution in [-0.4, -0.2) is 40.7 Å². The summed E-state index contributed by atoms with van der Waals surface area (Å²) in [5.41, 5.74) is 3.93. The van der Waals surface area contributed by atoms with Crippen LogP contribution in [0.1, 0.15) is 55.5 Å². The van der Waals surface area contributed by atoms with Crippen molar-refractivity contribution in [2.75, 3.05) is 18.0 Å². The largest absolute Gasteiger partial charge is 0.358 e. The van der Waals surface area contributed by atoms with Crippen molar-refractivity contribution in [3.05, 3.63) is 101 Å². The molecule has 0 bridgehead atoms. The van der Waals surface area contributed by atoms with E-state index in [0.717, 1.165) is 29.0 Å². The number of rotatable bonds is 3. The van der Waals surface area contributed by atoms with Crippen molar-refractivity contribution in [3.8, 4) is 0 Å². The third-order valence-electron chi connectivity index (χ3n) is 6.84. The topological polar surface area (TPSA) is 73.5 Å². The van der Waals surface area contributed by atoms with E-state index in [1.54, 1.807) is 48.5 Å². The van der Waals surface area contributed by atoms with Gasteiger partial charge in [-0.15, -0.1) is 0 Å². The number of benzene rings is 3. The number of H-pyrrole nitrogens is 1. The maximum Gasteiger partial charge on any atom is 0.266 e. The first-order valence-corrected chi connectivity index (χ1v) is 11.5. The molecule has 1 fully saturated rings. The number of imide groups is 1. The van der Waals surface area contributed by atoms with Crippen LogP contribution in [0, 0.1) is 0 Å². The van der Waals surface area contributed by atoms with Gasteiger partial charge in [0.1, 0.15) is 0 Å². The Morgan fingerprint density at radius 3 is 2.35 bits per heavy atom. The molecular weight excluding hydrogens is 426 g/mol. The predicted octanol–water partition coefficient (Wildman–Crippen LogP) is 4.99. The third-order valence-corrected chi connectivity index (χ3v) is 6.84. The molecule has 3 aromatic carbocycles. The van der Waals surface area contributed by atoms with Crippen LogP contribution in [0.5, 0.6) is 0 Å². The number of fused-ring (bicyclic) bond motifs is 2. The SMILES string of the molecule is O=C(c1cccc(N2C(=O)c3ccccc3C2=O)c1)N1CCCC(c2cc3ccccc3[nH]2)C1. The smallest absolute Gasteiger partial charge is 0.266 e. The summed E-state index contributed by atoms with van der Waals surface area (Å²) in [6.07, 6.45) is 1.94. The number of amides is 3. The van der Waals surface area contributed by atoms with Crippen LogP contribution in [0.15, 0.2) is 78.9 Å². The molecule has 4 aromatic rings. The fraction of sp³-hybridized carbons (Fsp3) is 0.179. The lowest BCUT2D eigenvalue weighted by Crippen LogP contribution is -2.39. The third kappa shape index (κ3) is 3.30. The first-order valence-electron chi connectivity index (χ1n) is 11.5. The Labute approximate surface area is 196 Å². The van der Waals surface area contributed by atoms with Gasteiger partial charge in [-0.25, -0.2) is 4.90 Å². The summed E-state index contributed by atoms with van der Waals surface area (Å²) in [7, 11) is 0. The standard InChI is InChI=1S/C28H23N3O3/c32-26(30-14-6-9-20(17-30)25-16-18-7-1-4-13-24(18)29-25)19-8-5-10-21(15-19)31-27(33)22-11-2-3-12-23(22)28(31)34/h1-5,7-8,10-13,15-16,20,29H,6,9,14,17H2. The van der Waals surface area contributed by atoms with E-state index < -0.39 is 0 Å². The average Bonchev–Trinajstić information content (AvgIpc) is 3.43. The highest BCUT2D eigenvalue weighted by molar-refractivity contribution is 6.34. The summed E-state index contributed by atoms with van der Waals surface area (Å²) < 4.78 is 0. The quantitative estimate of drug-likeness (QED) is 0.448. The van der Waals surface area contributed by atoms with E-state index in [4.69, 9.17) is 0 Å². The second-order valence-electron chi connectivity index (χ2n) is 8.94. The van der Waals surface area contributed by atoms with Crippen molar-refractivity contribution in [1.29, 1.82) is 0 Å². The molecule has 3 amide bonds. The van der Waals surface area contributed by atoms with E-state index in [-0.39, 0.29) is 23.6 Å². The van der Waals surface area contributed by atoms with E-state index in [1.165, 1.54) is 5.39 Å². The van der Waals surface area contributed by atoms with Gasteiger partial charge in [0.2, 0.25) is 0 Å². The van der Waals surface area contributed by atoms with Gasteiger partial charge in [0.25, 0.3) is 17.7 Å². The van der Waals surface area contributed by atoms with Crippen LogP contribution >= 0.6 is 0 Å². The van der Waals surface area contributed by atoms with E-state index in [2.05, 4.69) is 23.2 Å². The number of carbonyl (C=O) groups is 3. The highest BCUT2D eigenvalue weighted by atomic mass is 16.2. The van der Waals surface area contributed by atoms with Crippen LogP contribution in [0.3, 0.4) is 0 Å². The lowest BCUT2D eigenvalue weighted by molar-refractivity contribution is 0.0705. The van der Waals surface area contributed by atoms with Gasteiger partial charge in [0.05, 0.1) is 16.8 Å². The molecule has 6 heteroatoms. The van der Waals surface area contributed by atoms with E-state index in [0.29, 0.717) is 35.5 Å². The zero-order valence-corrected chi connectivity index (χ0v) is 18.5. The number of piperidine rings is 1. The van der Waals surface area contributed by atoms with E-state index in [9.17, 15) is 14.4 Å². The minimum absolute atomic E-state index is 0.0840. The fourth-order valence-corrected chi connectivity index (χ4v) is 5.12.